The summed E-state index contributed by atoms with van der Waals surface area (Å²) in [5.74, 6) is 0. The molecule has 1 fully saturated rings. The van der Waals surface area contributed by atoms with Gasteiger partial charge in [-0.2, -0.15) is 0 Å². The van der Waals surface area contributed by atoms with Crippen LogP contribution in [0.5, 0.6) is 0 Å². The summed E-state index contributed by atoms with van der Waals surface area (Å²) in [5, 5.41) is 1.25. The van der Waals surface area contributed by atoms with Crippen molar-refractivity contribution in [1.29, 1.82) is 0 Å². The molecule has 0 unspecified atom stereocenters. The summed E-state index contributed by atoms with van der Waals surface area (Å²) in [6.07, 6.45) is 3.80. The second kappa shape index (κ2) is 7.51. The fraction of sp³-hybridized carbons (Fsp3) is 0.500. The second-order valence-electron chi connectivity index (χ2n) is 6.13. The molecule has 2 aromatic rings. The van der Waals surface area contributed by atoms with Crippen LogP contribution in [0.25, 0.3) is 10.9 Å². The Labute approximate surface area is 137 Å². The molecule has 1 aliphatic heterocycles. The van der Waals surface area contributed by atoms with Crippen LogP contribution in [-0.4, -0.2) is 53.7 Å². The zero-order valence-electron chi connectivity index (χ0n) is 13.8. The number of nitrogens with one attached hydrogen (secondary N) is 1. The van der Waals surface area contributed by atoms with Crippen LogP contribution >= 0.6 is 0 Å². The number of aromatic nitrogens is 1. The zero-order chi connectivity index (χ0) is 16.1. The van der Waals surface area contributed by atoms with Gasteiger partial charge in [0.2, 0.25) is 0 Å². The van der Waals surface area contributed by atoms with Crippen LogP contribution in [0.4, 0.5) is 4.79 Å². The van der Waals surface area contributed by atoms with Gasteiger partial charge in [-0.25, -0.2) is 4.79 Å². The predicted octanol–water partition coefficient (Wildman–Crippen LogP) is 3.22. The summed E-state index contributed by atoms with van der Waals surface area (Å²) < 4.78 is 5.28. The van der Waals surface area contributed by atoms with Crippen LogP contribution in [-0.2, 0) is 11.3 Å². The monoisotopic (exact) mass is 315 g/mol. The van der Waals surface area contributed by atoms with Gasteiger partial charge in [0.1, 0.15) is 0 Å². The topological polar surface area (TPSA) is 48.6 Å². The lowest BCUT2D eigenvalue weighted by Crippen LogP contribution is -2.48. The first-order valence-corrected chi connectivity index (χ1v) is 8.46. The number of amides is 1. The van der Waals surface area contributed by atoms with Gasteiger partial charge in [0.05, 0.1) is 6.61 Å². The Bertz CT molecular complexity index is 645. The van der Waals surface area contributed by atoms with E-state index in [2.05, 4.69) is 41.1 Å². The highest BCUT2D eigenvalue weighted by Crippen LogP contribution is 2.16. The average molecular weight is 315 g/mol. The molecule has 0 atom stereocenters. The molecule has 0 bridgehead atoms. The minimum Gasteiger partial charge on any atom is -0.449 e. The highest BCUT2D eigenvalue weighted by molar-refractivity contribution is 5.79. The third kappa shape index (κ3) is 4.05. The Hall–Kier alpha value is -2.01. The lowest BCUT2D eigenvalue weighted by molar-refractivity contribution is 0.0738. The van der Waals surface area contributed by atoms with E-state index in [0.29, 0.717) is 6.61 Å². The number of carbonyl (C=O) groups excluding carboxylic acids is 1. The normalized spacial score (nSPS) is 16.0. The maximum absolute atomic E-state index is 11.9. The van der Waals surface area contributed by atoms with Gasteiger partial charge in [0.15, 0.2) is 0 Å². The number of benzene rings is 1. The van der Waals surface area contributed by atoms with Gasteiger partial charge >= 0.3 is 6.09 Å². The van der Waals surface area contributed by atoms with Gasteiger partial charge in [-0.3, -0.25) is 4.90 Å². The van der Waals surface area contributed by atoms with Gasteiger partial charge in [0.25, 0.3) is 0 Å². The van der Waals surface area contributed by atoms with E-state index in [4.69, 9.17) is 4.74 Å². The number of piperazine rings is 1. The molecule has 23 heavy (non-hydrogen) atoms. The van der Waals surface area contributed by atoms with Gasteiger partial charge in [-0.05, 0) is 35.6 Å². The molecule has 3 rings (SSSR count). The Balaban J connectivity index is 1.48. The molecule has 1 N–H and O–H groups in total. The predicted molar refractivity (Wildman–Crippen MR) is 91.4 cm³/mol. The van der Waals surface area contributed by atoms with Crippen molar-refractivity contribution in [2.45, 2.75) is 26.3 Å². The lowest BCUT2D eigenvalue weighted by atomic mass is 10.1. The van der Waals surface area contributed by atoms with Crippen LogP contribution < -0.4 is 0 Å². The molecule has 1 saturated heterocycles. The molecule has 5 nitrogen and oxygen atoms in total. The maximum atomic E-state index is 11.9. The molecule has 1 amide bonds. The maximum Gasteiger partial charge on any atom is 0.409 e. The van der Waals surface area contributed by atoms with Crippen molar-refractivity contribution in [3.63, 3.8) is 0 Å². The fourth-order valence-electron chi connectivity index (χ4n) is 2.94. The number of carbonyl (C=O) groups is 1. The van der Waals surface area contributed by atoms with E-state index >= 15 is 0 Å². The van der Waals surface area contributed by atoms with Crippen molar-refractivity contribution in [3.8, 4) is 0 Å². The lowest BCUT2D eigenvalue weighted by Gasteiger charge is -2.34. The van der Waals surface area contributed by atoms with E-state index in [1.165, 1.54) is 16.5 Å². The van der Waals surface area contributed by atoms with Gasteiger partial charge < -0.3 is 14.6 Å². The SMILES string of the molecule is CCCCOC(=O)N1CCN(Cc2ccc3[nH]ccc3c2)CC1. The van der Waals surface area contributed by atoms with E-state index in [1.807, 2.05) is 11.1 Å². The number of rotatable bonds is 5. The van der Waals surface area contributed by atoms with Crippen LogP contribution in [0, 0.1) is 0 Å². The Morgan fingerprint density at radius 2 is 2.04 bits per heavy atom. The van der Waals surface area contributed by atoms with Crippen LogP contribution in [0.2, 0.25) is 0 Å². The molecule has 0 spiro atoms. The minimum absolute atomic E-state index is 0.160. The number of hydrogen-bond donors (Lipinski definition) is 1. The van der Waals surface area contributed by atoms with Crippen LogP contribution in [0.3, 0.4) is 0 Å². The fourth-order valence-corrected chi connectivity index (χ4v) is 2.94. The summed E-state index contributed by atoms with van der Waals surface area (Å²) >= 11 is 0. The number of unbranched alkanes of at least 4 members (excludes halogenated alkanes) is 1. The molecule has 124 valence electrons. The molecular weight excluding hydrogens is 290 g/mol. The molecule has 1 aliphatic rings. The number of aromatic amines is 1. The van der Waals surface area contributed by atoms with Crippen LogP contribution in [0.15, 0.2) is 30.5 Å². The molecule has 0 aliphatic carbocycles. The summed E-state index contributed by atoms with van der Waals surface area (Å²) in [6, 6.07) is 8.64. The first kappa shape index (κ1) is 15.9. The van der Waals surface area contributed by atoms with Gasteiger partial charge in [-0.1, -0.05) is 19.4 Å². The number of ether oxygens (including phenoxy) is 1. The number of hydrogen-bond acceptors (Lipinski definition) is 3. The van der Waals surface area contributed by atoms with Crippen molar-refractivity contribution in [3.05, 3.63) is 36.0 Å². The number of fused-ring (bicyclic) bond motifs is 1. The number of nitrogens with zero attached hydrogens (tertiary/aromatic N) is 2. The van der Waals surface area contributed by atoms with Gasteiger partial charge in [-0.15, -0.1) is 0 Å². The van der Waals surface area contributed by atoms with Crippen molar-refractivity contribution in [2.24, 2.45) is 0 Å². The smallest absolute Gasteiger partial charge is 0.409 e. The van der Waals surface area contributed by atoms with E-state index in [-0.39, 0.29) is 6.09 Å². The first-order chi connectivity index (χ1) is 11.3. The molecule has 0 radical (unpaired) electrons. The first-order valence-electron chi connectivity index (χ1n) is 8.46. The molecule has 5 heteroatoms. The Kier molecular flexibility index (Phi) is 5.18. The summed E-state index contributed by atoms with van der Waals surface area (Å²) in [5.41, 5.74) is 2.49. The van der Waals surface area contributed by atoms with Gasteiger partial charge in [0, 0.05) is 44.4 Å². The highest BCUT2D eigenvalue weighted by Gasteiger charge is 2.22. The van der Waals surface area contributed by atoms with E-state index in [0.717, 1.165) is 45.6 Å². The highest BCUT2D eigenvalue weighted by atomic mass is 16.6. The largest absolute Gasteiger partial charge is 0.449 e. The van der Waals surface area contributed by atoms with Crippen molar-refractivity contribution < 1.29 is 9.53 Å². The Morgan fingerprint density at radius 3 is 2.83 bits per heavy atom. The minimum atomic E-state index is -0.160. The van der Waals surface area contributed by atoms with E-state index < -0.39 is 0 Å². The van der Waals surface area contributed by atoms with E-state index in [1.54, 1.807) is 0 Å². The summed E-state index contributed by atoms with van der Waals surface area (Å²) in [6.45, 7) is 6.85. The average Bonchev–Trinajstić information content (AvgIpc) is 3.03. The van der Waals surface area contributed by atoms with Crippen LogP contribution in [0.1, 0.15) is 25.3 Å². The summed E-state index contributed by atoms with van der Waals surface area (Å²) in [4.78, 5) is 19.4. The third-order valence-corrected chi connectivity index (χ3v) is 4.38. The van der Waals surface area contributed by atoms with Crippen molar-refractivity contribution in [1.82, 2.24) is 14.8 Å². The molecule has 2 heterocycles. The van der Waals surface area contributed by atoms with Crippen molar-refractivity contribution in [2.75, 3.05) is 32.8 Å². The molecular formula is C18H25N3O2. The second-order valence-corrected chi connectivity index (χ2v) is 6.13. The zero-order valence-corrected chi connectivity index (χ0v) is 13.8. The van der Waals surface area contributed by atoms with Crippen molar-refractivity contribution >= 4 is 17.0 Å². The quantitative estimate of drug-likeness (QED) is 0.862. The Morgan fingerprint density at radius 1 is 1.22 bits per heavy atom. The molecule has 1 aromatic heterocycles. The third-order valence-electron chi connectivity index (χ3n) is 4.38. The molecule has 0 saturated carbocycles. The molecule has 1 aromatic carbocycles. The number of H-pyrrole nitrogens is 1. The van der Waals surface area contributed by atoms with E-state index in [9.17, 15) is 4.79 Å². The standard InChI is InChI=1S/C18H25N3O2/c1-2-3-12-23-18(22)21-10-8-20(9-11-21)14-15-4-5-17-16(13-15)6-7-19-17/h4-7,13,19H,2-3,8-12,14H2,1H3. The summed E-state index contributed by atoms with van der Waals surface area (Å²) in [7, 11) is 0.